The minimum absolute atomic E-state index is 1.17. The molecule has 11 rings (SSSR count). The molecule has 0 aliphatic heterocycles. The molecular formula is C49H33N3. The van der Waals surface area contributed by atoms with Crippen LogP contribution in [0.1, 0.15) is 0 Å². The number of aromatic nitrogens is 3. The highest BCUT2D eigenvalue weighted by molar-refractivity contribution is 6.17. The molecule has 0 bridgehead atoms. The first-order valence-electron chi connectivity index (χ1n) is 17.9. The first-order chi connectivity index (χ1) is 25.7. The fourth-order valence-corrected chi connectivity index (χ4v) is 8.68. The van der Waals surface area contributed by atoms with E-state index in [2.05, 4.69) is 203 Å². The van der Waals surface area contributed by atoms with E-state index in [1.165, 1.54) is 99.0 Å². The summed E-state index contributed by atoms with van der Waals surface area (Å²) < 4.78 is 7.14. The zero-order chi connectivity index (χ0) is 34.3. The molecule has 3 nitrogen and oxygen atoms in total. The lowest BCUT2D eigenvalue weighted by Gasteiger charge is -2.10. The predicted octanol–water partition coefficient (Wildman–Crippen LogP) is 12.9. The van der Waals surface area contributed by atoms with Crippen molar-refractivity contribution in [2.45, 2.75) is 0 Å². The van der Waals surface area contributed by atoms with Crippen molar-refractivity contribution >= 4 is 65.4 Å². The Morgan fingerprint density at radius 2 is 0.788 bits per heavy atom. The van der Waals surface area contributed by atoms with Gasteiger partial charge in [-0.05, 0) is 89.0 Å². The third-order valence-electron chi connectivity index (χ3n) is 11.1. The lowest BCUT2D eigenvalue weighted by molar-refractivity contribution is 1.01. The predicted molar refractivity (Wildman–Crippen MR) is 220 cm³/mol. The topological polar surface area (TPSA) is 14.8 Å². The molecule has 0 atom stereocenters. The van der Waals surface area contributed by atoms with Crippen LogP contribution in [0, 0.1) is 0 Å². The highest BCUT2D eigenvalue weighted by Crippen LogP contribution is 2.41. The monoisotopic (exact) mass is 663 g/mol. The normalized spacial score (nSPS) is 11.9. The summed E-state index contributed by atoms with van der Waals surface area (Å²) >= 11 is 0. The number of hydrogen-bond donors (Lipinski definition) is 0. The van der Waals surface area contributed by atoms with E-state index in [0.29, 0.717) is 0 Å². The summed E-state index contributed by atoms with van der Waals surface area (Å²) in [4.78, 5) is 0. The molecule has 0 saturated heterocycles. The molecule has 0 unspecified atom stereocenters. The summed E-state index contributed by atoms with van der Waals surface area (Å²) in [5.74, 6) is 0. The van der Waals surface area contributed by atoms with Gasteiger partial charge in [0, 0.05) is 61.8 Å². The van der Waals surface area contributed by atoms with Crippen LogP contribution < -0.4 is 0 Å². The molecule has 0 amide bonds. The van der Waals surface area contributed by atoms with E-state index in [4.69, 9.17) is 0 Å². The molecule has 0 spiro atoms. The van der Waals surface area contributed by atoms with E-state index in [-0.39, 0.29) is 0 Å². The van der Waals surface area contributed by atoms with Gasteiger partial charge in [0.1, 0.15) is 0 Å². The molecule has 3 heterocycles. The second-order valence-electron chi connectivity index (χ2n) is 13.8. The number of nitrogens with zero attached hydrogens (tertiary/aromatic N) is 3. The molecule has 0 N–H and O–H groups in total. The molecule has 11 aromatic rings. The molecular weight excluding hydrogens is 631 g/mol. The van der Waals surface area contributed by atoms with Gasteiger partial charge in [-0.2, -0.15) is 0 Å². The van der Waals surface area contributed by atoms with Crippen LogP contribution in [0.3, 0.4) is 0 Å². The van der Waals surface area contributed by atoms with Crippen molar-refractivity contribution < 1.29 is 0 Å². The van der Waals surface area contributed by atoms with Gasteiger partial charge in [0.15, 0.2) is 0 Å². The third kappa shape index (κ3) is 4.14. The Bertz CT molecular complexity index is 3180. The first kappa shape index (κ1) is 28.9. The SMILES string of the molecule is Cn1c2ccc(-c3ccc4c5ccccc5n(-c5ccccc5)c4c3)cc2c2c(-c3ccc4c5ccccc5n(-c5ccccc5)c4c3)cccc21. The number of fused-ring (bicyclic) bond motifs is 9. The highest BCUT2D eigenvalue weighted by Gasteiger charge is 2.18. The Morgan fingerprint density at radius 3 is 1.42 bits per heavy atom. The van der Waals surface area contributed by atoms with E-state index < -0.39 is 0 Å². The van der Waals surface area contributed by atoms with Gasteiger partial charge in [0.2, 0.25) is 0 Å². The minimum Gasteiger partial charge on any atom is -0.344 e. The van der Waals surface area contributed by atoms with E-state index >= 15 is 0 Å². The van der Waals surface area contributed by atoms with Crippen molar-refractivity contribution in [1.82, 2.24) is 13.7 Å². The Kier molecular flexibility index (Phi) is 6.17. The number of benzene rings is 8. The van der Waals surface area contributed by atoms with Gasteiger partial charge >= 0.3 is 0 Å². The molecule has 3 aromatic heterocycles. The Hall–Kier alpha value is -6.84. The van der Waals surface area contributed by atoms with Crippen molar-refractivity contribution in [3.63, 3.8) is 0 Å². The van der Waals surface area contributed by atoms with Crippen molar-refractivity contribution in [1.29, 1.82) is 0 Å². The largest absolute Gasteiger partial charge is 0.344 e. The summed E-state index contributed by atoms with van der Waals surface area (Å²) in [5, 5.41) is 7.61. The van der Waals surface area contributed by atoms with Gasteiger partial charge in [-0.15, -0.1) is 0 Å². The number of rotatable bonds is 4. The van der Waals surface area contributed by atoms with Gasteiger partial charge in [0.05, 0.1) is 22.1 Å². The lowest BCUT2D eigenvalue weighted by atomic mass is 9.96. The Balaban J connectivity index is 1.13. The first-order valence-corrected chi connectivity index (χ1v) is 17.9. The summed E-state index contributed by atoms with van der Waals surface area (Å²) in [6.07, 6.45) is 0. The van der Waals surface area contributed by atoms with Crippen LogP contribution in [0.25, 0.3) is 99.0 Å². The summed E-state index contributed by atoms with van der Waals surface area (Å²) in [5.41, 5.74) is 14.5. The maximum absolute atomic E-state index is 2.40. The van der Waals surface area contributed by atoms with Crippen molar-refractivity contribution in [2.24, 2.45) is 7.05 Å². The van der Waals surface area contributed by atoms with Crippen molar-refractivity contribution in [2.75, 3.05) is 0 Å². The molecule has 0 aliphatic rings. The van der Waals surface area contributed by atoms with Gasteiger partial charge in [-0.1, -0.05) is 115 Å². The minimum atomic E-state index is 1.17. The Morgan fingerprint density at radius 1 is 0.308 bits per heavy atom. The standard InChI is InChI=1S/C49H33N3/c1-50-43-28-25-32(33-23-26-40-38-17-8-10-20-44(38)51(47(40)30-33)35-13-4-2-5-14-35)29-42(43)49-37(19-12-22-46(49)50)34-24-27-41-39-18-9-11-21-45(39)52(48(41)31-34)36-15-6-3-7-16-36/h2-31H,1H3. The van der Waals surface area contributed by atoms with Crippen LogP contribution in [-0.2, 0) is 7.05 Å². The second-order valence-corrected chi connectivity index (χ2v) is 13.8. The fourth-order valence-electron chi connectivity index (χ4n) is 8.68. The second kappa shape index (κ2) is 11.1. The van der Waals surface area contributed by atoms with Crippen LogP contribution in [0.15, 0.2) is 182 Å². The summed E-state index contributed by atoms with van der Waals surface area (Å²) in [7, 11) is 2.19. The molecule has 8 aromatic carbocycles. The zero-order valence-corrected chi connectivity index (χ0v) is 28.7. The molecule has 244 valence electrons. The number of aryl methyl sites for hydroxylation is 1. The lowest BCUT2D eigenvalue weighted by Crippen LogP contribution is -1.93. The van der Waals surface area contributed by atoms with E-state index in [9.17, 15) is 0 Å². The van der Waals surface area contributed by atoms with Crippen LogP contribution >= 0.6 is 0 Å². The van der Waals surface area contributed by atoms with Crippen LogP contribution in [0.5, 0.6) is 0 Å². The smallest absolute Gasteiger partial charge is 0.0547 e. The molecule has 52 heavy (non-hydrogen) atoms. The number of para-hydroxylation sites is 4. The van der Waals surface area contributed by atoms with E-state index in [0.717, 1.165) is 0 Å². The molecule has 0 fully saturated rings. The number of hydrogen-bond acceptors (Lipinski definition) is 0. The van der Waals surface area contributed by atoms with E-state index in [1.54, 1.807) is 0 Å². The highest BCUT2D eigenvalue weighted by atomic mass is 15.0. The maximum Gasteiger partial charge on any atom is 0.0547 e. The quantitative estimate of drug-likeness (QED) is 0.178. The average Bonchev–Trinajstić information content (AvgIpc) is 3.83. The Labute approximate surface area is 300 Å². The molecule has 3 heteroatoms. The maximum atomic E-state index is 2.40. The van der Waals surface area contributed by atoms with Crippen LogP contribution in [0.4, 0.5) is 0 Å². The van der Waals surface area contributed by atoms with Gasteiger partial charge < -0.3 is 13.7 Å². The van der Waals surface area contributed by atoms with E-state index in [1.807, 2.05) is 0 Å². The van der Waals surface area contributed by atoms with Crippen LogP contribution in [0.2, 0.25) is 0 Å². The molecule has 0 aliphatic carbocycles. The summed E-state index contributed by atoms with van der Waals surface area (Å²) in [6, 6.07) is 66.5. The molecule has 0 saturated carbocycles. The van der Waals surface area contributed by atoms with Crippen molar-refractivity contribution in [3.05, 3.63) is 182 Å². The van der Waals surface area contributed by atoms with Gasteiger partial charge in [-0.3, -0.25) is 0 Å². The van der Waals surface area contributed by atoms with Crippen molar-refractivity contribution in [3.8, 4) is 33.6 Å². The third-order valence-corrected chi connectivity index (χ3v) is 11.1. The average molecular weight is 664 g/mol. The molecule has 0 radical (unpaired) electrons. The van der Waals surface area contributed by atoms with Gasteiger partial charge in [0.25, 0.3) is 0 Å². The van der Waals surface area contributed by atoms with Gasteiger partial charge in [-0.25, -0.2) is 0 Å². The fraction of sp³-hybridized carbons (Fsp3) is 0.0204. The zero-order valence-electron chi connectivity index (χ0n) is 28.7. The summed E-state index contributed by atoms with van der Waals surface area (Å²) in [6.45, 7) is 0. The van der Waals surface area contributed by atoms with Crippen LogP contribution in [-0.4, -0.2) is 13.7 Å².